The van der Waals surface area contributed by atoms with E-state index >= 15 is 0 Å². The lowest BCUT2D eigenvalue weighted by atomic mass is 9.87. The van der Waals surface area contributed by atoms with Crippen LogP contribution in [0.1, 0.15) is 19.3 Å². The Labute approximate surface area is 196 Å². The molecular formula is C21H19ClF3N5O4. The number of ether oxygens (including phenoxy) is 1. The van der Waals surface area contributed by atoms with Crippen molar-refractivity contribution in [3.63, 3.8) is 0 Å². The van der Waals surface area contributed by atoms with Crippen LogP contribution in [0.4, 0.5) is 29.5 Å². The van der Waals surface area contributed by atoms with Crippen LogP contribution in [0, 0.1) is 0 Å². The molecule has 0 saturated carbocycles. The molecule has 4 rings (SSSR count). The van der Waals surface area contributed by atoms with Crippen LogP contribution in [0.15, 0.2) is 47.8 Å². The molecule has 1 aromatic heterocycles. The van der Waals surface area contributed by atoms with Gasteiger partial charge in [0.15, 0.2) is 0 Å². The zero-order chi connectivity index (χ0) is 24.3. The lowest BCUT2D eigenvalue weighted by Gasteiger charge is -2.37. The van der Waals surface area contributed by atoms with Gasteiger partial charge in [0.1, 0.15) is 22.9 Å². The summed E-state index contributed by atoms with van der Waals surface area (Å²) in [7, 11) is 0. The molecule has 2 aliphatic heterocycles. The van der Waals surface area contributed by atoms with E-state index in [1.807, 2.05) is 0 Å². The van der Waals surface area contributed by atoms with Gasteiger partial charge in [0.2, 0.25) is 0 Å². The summed E-state index contributed by atoms with van der Waals surface area (Å²) >= 11 is 5.79. The van der Waals surface area contributed by atoms with Gasteiger partial charge in [-0.05, 0) is 36.4 Å². The van der Waals surface area contributed by atoms with Gasteiger partial charge in [-0.25, -0.2) is 9.78 Å². The van der Waals surface area contributed by atoms with Crippen LogP contribution in [0.5, 0.6) is 5.75 Å². The van der Waals surface area contributed by atoms with Crippen molar-refractivity contribution in [1.82, 2.24) is 9.88 Å². The highest BCUT2D eigenvalue weighted by Crippen LogP contribution is 2.35. The number of piperidine rings is 1. The van der Waals surface area contributed by atoms with Gasteiger partial charge in [0.05, 0.1) is 5.02 Å². The molecule has 0 atom stereocenters. The number of hydrogen-bond donors (Lipinski definition) is 2. The van der Waals surface area contributed by atoms with Crippen molar-refractivity contribution in [2.75, 3.05) is 23.7 Å². The number of alkyl halides is 3. The maximum Gasteiger partial charge on any atom is 0.573 e. The first-order valence-electron chi connectivity index (χ1n) is 10.2. The van der Waals surface area contributed by atoms with E-state index in [9.17, 15) is 22.8 Å². The fourth-order valence-electron chi connectivity index (χ4n) is 3.61. The Morgan fingerprint density at radius 2 is 1.79 bits per heavy atom. The van der Waals surface area contributed by atoms with Crippen molar-refractivity contribution in [2.45, 2.75) is 31.2 Å². The Balaban J connectivity index is 1.26. The molecule has 3 heterocycles. The summed E-state index contributed by atoms with van der Waals surface area (Å²) in [6.45, 7) is 0.703. The standard InChI is InChI=1S/C21H19ClF3N5O4/c22-13-1-6-17(26-12-13)28-18(31)16-11-20(34-29-16)7-9-30(10-8-20)19(32)27-14-2-4-15(5-3-14)33-21(23,24)25/h1-6,12H,7-11H2,(H,27,32)(H,26,28,31). The molecule has 3 amide bonds. The van der Waals surface area contributed by atoms with E-state index < -0.39 is 23.9 Å². The number of carbonyl (C=O) groups excluding carboxylic acids is 2. The smallest absolute Gasteiger partial charge is 0.406 e. The summed E-state index contributed by atoms with van der Waals surface area (Å²) < 4.78 is 40.6. The summed E-state index contributed by atoms with van der Waals surface area (Å²) in [5, 5.41) is 9.66. The minimum Gasteiger partial charge on any atom is -0.406 e. The van der Waals surface area contributed by atoms with E-state index in [4.69, 9.17) is 16.4 Å². The van der Waals surface area contributed by atoms with E-state index in [-0.39, 0.29) is 11.5 Å². The van der Waals surface area contributed by atoms with E-state index in [2.05, 4.69) is 25.5 Å². The van der Waals surface area contributed by atoms with Crippen LogP contribution >= 0.6 is 11.6 Å². The Kier molecular flexibility index (Phi) is 6.51. The summed E-state index contributed by atoms with van der Waals surface area (Å²) in [6, 6.07) is 7.64. The normalized spacial score (nSPS) is 17.1. The summed E-state index contributed by atoms with van der Waals surface area (Å²) in [6.07, 6.45) is -2.16. The number of nitrogens with zero attached hydrogens (tertiary/aromatic N) is 3. The van der Waals surface area contributed by atoms with Crippen molar-refractivity contribution < 1.29 is 32.3 Å². The van der Waals surface area contributed by atoms with Gasteiger partial charge in [-0.1, -0.05) is 16.8 Å². The molecule has 2 aromatic rings. The highest BCUT2D eigenvalue weighted by atomic mass is 35.5. The third-order valence-electron chi connectivity index (χ3n) is 5.37. The number of hydrogen-bond acceptors (Lipinski definition) is 6. The summed E-state index contributed by atoms with van der Waals surface area (Å²) in [5.74, 6) is -0.470. The minimum atomic E-state index is -4.78. The van der Waals surface area contributed by atoms with E-state index in [1.54, 1.807) is 17.0 Å². The molecule has 0 radical (unpaired) electrons. The Morgan fingerprint density at radius 3 is 2.41 bits per heavy atom. The van der Waals surface area contributed by atoms with Crippen molar-refractivity contribution in [3.05, 3.63) is 47.6 Å². The summed E-state index contributed by atoms with van der Waals surface area (Å²) in [5.41, 5.74) is -0.112. The number of pyridine rings is 1. The molecule has 2 N–H and O–H groups in total. The number of amides is 3. The van der Waals surface area contributed by atoms with Gasteiger partial charge in [-0.15, -0.1) is 13.2 Å². The molecule has 180 valence electrons. The Morgan fingerprint density at radius 1 is 1.09 bits per heavy atom. The average molecular weight is 498 g/mol. The predicted octanol–water partition coefficient (Wildman–Crippen LogP) is 4.42. The molecular weight excluding hydrogens is 479 g/mol. The van der Waals surface area contributed by atoms with E-state index in [0.29, 0.717) is 48.9 Å². The van der Waals surface area contributed by atoms with Gasteiger partial charge in [-0.3, -0.25) is 4.79 Å². The SMILES string of the molecule is O=C(Nc1ccc(Cl)cn1)C1=NOC2(CCN(C(=O)Nc3ccc(OC(F)(F)F)cc3)CC2)C1. The molecule has 0 aliphatic carbocycles. The average Bonchev–Trinajstić information content (AvgIpc) is 3.20. The van der Waals surface area contributed by atoms with Gasteiger partial charge in [-0.2, -0.15) is 0 Å². The van der Waals surface area contributed by atoms with Crippen molar-refractivity contribution in [2.24, 2.45) is 5.16 Å². The maximum atomic E-state index is 12.5. The second-order valence-electron chi connectivity index (χ2n) is 7.79. The number of halogens is 4. The first-order valence-corrected chi connectivity index (χ1v) is 10.6. The van der Waals surface area contributed by atoms with Crippen LogP contribution in [0.25, 0.3) is 0 Å². The van der Waals surface area contributed by atoms with Gasteiger partial charge in [0, 0.05) is 44.2 Å². The van der Waals surface area contributed by atoms with Crippen molar-refractivity contribution in [3.8, 4) is 5.75 Å². The lowest BCUT2D eigenvalue weighted by Crippen LogP contribution is -2.48. The number of anilines is 2. The van der Waals surface area contributed by atoms with Crippen LogP contribution in [0.2, 0.25) is 5.02 Å². The number of urea groups is 1. The minimum absolute atomic E-state index is 0.232. The Hall–Kier alpha value is -3.54. The molecule has 13 heteroatoms. The number of likely N-dealkylation sites (tertiary alicyclic amines) is 1. The second kappa shape index (κ2) is 9.37. The third kappa shape index (κ3) is 5.87. The number of benzene rings is 1. The Bertz CT molecular complexity index is 1090. The van der Waals surface area contributed by atoms with Crippen LogP contribution < -0.4 is 15.4 Å². The molecule has 0 bridgehead atoms. The molecule has 0 unspecified atom stereocenters. The molecule has 1 aromatic carbocycles. The molecule has 1 spiro atoms. The van der Waals surface area contributed by atoms with Gasteiger partial charge < -0.3 is 25.1 Å². The quantitative estimate of drug-likeness (QED) is 0.651. The predicted molar refractivity (Wildman–Crippen MR) is 117 cm³/mol. The van der Waals surface area contributed by atoms with Crippen LogP contribution in [0.3, 0.4) is 0 Å². The largest absolute Gasteiger partial charge is 0.573 e. The number of rotatable bonds is 4. The zero-order valence-corrected chi connectivity index (χ0v) is 18.3. The third-order valence-corrected chi connectivity index (χ3v) is 5.59. The monoisotopic (exact) mass is 497 g/mol. The number of oxime groups is 1. The molecule has 1 fully saturated rings. The summed E-state index contributed by atoms with van der Waals surface area (Å²) in [4.78, 5) is 36.2. The fourth-order valence-corrected chi connectivity index (χ4v) is 3.72. The van der Waals surface area contributed by atoms with Crippen molar-refractivity contribution >= 4 is 40.8 Å². The molecule has 34 heavy (non-hydrogen) atoms. The van der Waals surface area contributed by atoms with Crippen LogP contribution in [-0.4, -0.2) is 52.6 Å². The first-order chi connectivity index (χ1) is 16.1. The zero-order valence-electron chi connectivity index (χ0n) is 17.6. The van der Waals surface area contributed by atoms with E-state index in [0.717, 1.165) is 12.1 Å². The highest BCUT2D eigenvalue weighted by Gasteiger charge is 2.44. The van der Waals surface area contributed by atoms with Crippen molar-refractivity contribution in [1.29, 1.82) is 0 Å². The van der Waals surface area contributed by atoms with Gasteiger partial charge >= 0.3 is 12.4 Å². The molecule has 1 saturated heterocycles. The van der Waals surface area contributed by atoms with Gasteiger partial charge in [0.25, 0.3) is 5.91 Å². The highest BCUT2D eigenvalue weighted by molar-refractivity contribution is 6.43. The number of carbonyl (C=O) groups is 2. The topological polar surface area (TPSA) is 105 Å². The molecule has 9 nitrogen and oxygen atoms in total. The lowest BCUT2D eigenvalue weighted by molar-refractivity contribution is -0.274. The fraction of sp³-hybridized carbons (Fsp3) is 0.333. The number of nitrogens with one attached hydrogen (secondary N) is 2. The first kappa shape index (κ1) is 23.6. The number of aromatic nitrogens is 1. The second-order valence-corrected chi connectivity index (χ2v) is 8.23. The maximum absolute atomic E-state index is 12.5. The van der Waals surface area contributed by atoms with Crippen LogP contribution in [-0.2, 0) is 9.63 Å². The molecule has 2 aliphatic rings. The van der Waals surface area contributed by atoms with E-state index in [1.165, 1.54) is 18.3 Å².